The van der Waals surface area contributed by atoms with E-state index in [9.17, 15) is 10.1 Å². The van der Waals surface area contributed by atoms with E-state index in [1.54, 1.807) is 24.5 Å². The smallest absolute Gasteiger partial charge is 0.277 e. The number of aromatic nitrogens is 1. The van der Waals surface area contributed by atoms with Gasteiger partial charge in [0, 0.05) is 42.6 Å². The summed E-state index contributed by atoms with van der Waals surface area (Å²) in [5.41, 5.74) is 0.923. The number of aliphatic hydroxyl groups excluding tert-OH is 1. The molecule has 0 radical (unpaired) electrons. The van der Waals surface area contributed by atoms with E-state index in [1.165, 1.54) is 6.07 Å². The van der Waals surface area contributed by atoms with Crippen LogP contribution in [0.15, 0.2) is 30.6 Å². The Labute approximate surface area is 110 Å². The Morgan fingerprint density at radius 3 is 2.79 bits per heavy atom. The number of aliphatic hydroxyl groups is 1. The van der Waals surface area contributed by atoms with Crippen LogP contribution in [0.4, 0.5) is 11.4 Å². The quantitative estimate of drug-likeness (QED) is 0.657. The zero-order chi connectivity index (χ0) is 13.8. The minimum absolute atomic E-state index is 0.0343. The first-order valence-electron chi connectivity index (χ1n) is 6.06. The lowest BCUT2D eigenvalue weighted by molar-refractivity contribution is -0.383. The third kappa shape index (κ3) is 2.48. The van der Waals surface area contributed by atoms with Crippen LogP contribution < -0.4 is 4.90 Å². The van der Waals surface area contributed by atoms with E-state index in [1.807, 2.05) is 11.8 Å². The molecule has 0 amide bonds. The van der Waals surface area contributed by atoms with Crippen LogP contribution in [0.25, 0.3) is 10.8 Å². The number of nitrogens with zero attached hydrogens (tertiary/aromatic N) is 3. The van der Waals surface area contributed by atoms with Crippen molar-refractivity contribution in [2.45, 2.75) is 6.92 Å². The second kappa shape index (κ2) is 5.62. The fourth-order valence-corrected chi connectivity index (χ4v) is 2.16. The highest BCUT2D eigenvalue weighted by molar-refractivity contribution is 5.99. The van der Waals surface area contributed by atoms with E-state index >= 15 is 0 Å². The maximum Gasteiger partial charge on any atom is 0.277 e. The number of benzene rings is 1. The molecule has 0 unspecified atom stereocenters. The molecule has 0 fully saturated rings. The molecular formula is C13H15N3O3. The highest BCUT2D eigenvalue weighted by atomic mass is 16.6. The van der Waals surface area contributed by atoms with Gasteiger partial charge in [-0.2, -0.15) is 0 Å². The zero-order valence-electron chi connectivity index (χ0n) is 10.6. The average molecular weight is 261 g/mol. The van der Waals surface area contributed by atoms with Crippen molar-refractivity contribution in [3.05, 3.63) is 40.7 Å². The molecule has 0 bridgehead atoms. The summed E-state index contributed by atoms with van der Waals surface area (Å²) in [6, 6.07) is 4.85. The van der Waals surface area contributed by atoms with E-state index in [-0.39, 0.29) is 12.3 Å². The normalized spacial score (nSPS) is 10.6. The molecule has 0 aliphatic heterocycles. The predicted octanol–water partition coefficient (Wildman–Crippen LogP) is 1.96. The summed E-state index contributed by atoms with van der Waals surface area (Å²) in [5, 5.41) is 21.4. The molecule has 0 saturated carbocycles. The summed E-state index contributed by atoms with van der Waals surface area (Å²) < 4.78 is 0. The highest BCUT2D eigenvalue weighted by Crippen LogP contribution is 2.32. The number of rotatable bonds is 5. The van der Waals surface area contributed by atoms with Gasteiger partial charge in [-0.05, 0) is 19.1 Å². The highest BCUT2D eigenvalue weighted by Gasteiger charge is 2.16. The Hall–Kier alpha value is -2.21. The van der Waals surface area contributed by atoms with Crippen molar-refractivity contribution in [1.29, 1.82) is 0 Å². The summed E-state index contributed by atoms with van der Waals surface area (Å²) in [7, 11) is 0. The maximum atomic E-state index is 11.0. The fourth-order valence-electron chi connectivity index (χ4n) is 2.16. The molecule has 1 aromatic carbocycles. The summed E-state index contributed by atoms with van der Waals surface area (Å²) in [6.45, 7) is 3.20. The predicted molar refractivity (Wildman–Crippen MR) is 73.4 cm³/mol. The molecule has 0 aliphatic carbocycles. The molecule has 6 nitrogen and oxygen atoms in total. The van der Waals surface area contributed by atoms with E-state index in [4.69, 9.17) is 5.11 Å². The fraction of sp³-hybridized carbons (Fsp3) is 0.308. The number of hydrogen-bond donors (Lipinski definition) is 1. The van der Waals surface area contributed by atoms with Crippen LogP contribution in [0.2, 0.25) is 0 Å². The lowest BCUT2D eigenvalue weighted by atomic mass is 10.1. The molecule has 6 heteroatoms. The van der Waals surface area contributed by atoms with Crippen LogP contribution in [0, 0.1) is 10.1 Å². The topological polar surface area (TPSA) is 79.5 Å². The first-order valence-corrected chi connectivity index (χ1v) is 6.06. The van der Waals surface area contributed by atoms with Gasteiger partial charge in [0.15, 0.2) is 0 Å². The second-order valence-electron chi connectivity index (χ2n) is 4.09. The lowest BCUT2D eigenvalue weighted by Crippen LogP contribution is -2.26. The summed E-state index contributed by atoms with van der Waals surface area (Å²) in [4.78, 5) is 16.6. The molecule has 0 atom stereocenters. The van der Waals surface area contributed by atoms with Gasteiger partial charge in [0.1, 0.15) is 0 Å². The van der Waals surface area contributed by atoms with Gasteiger partial charge >= 0.3 is 0 Å². The summed E-state index contributed by atoms with van der Waals surface area (Å²) >= 11 is 0. The molecule has 0 spiro atoms. The van der Waals surface area contributed by atoms with E-state index < -0.39 is 4.92 Å². The number of hydrogen-bond acceptors (Lipinski definition) is 5. The molecular weight excluding hydrogens is 246 g/mol. The zero-order valence-corrected chi connectivity index (χ0v) is 10.6. The van der Waals surface area contributed by atoms with Crippen molar-refractivity contribution in [3.8, 4) is 0 Å². The Morgan fingerprint density at radius 1 is 1.37 bits per heavy atom. The van der Waals surface area contributed by atoms with E-state index in [2.05, 4.69) is 4.98 Å². The molecule has 100 valence electrons. The van der Waals surface area contributed by atoms with Gasteiger partial charge in [-0.1, -0.05) is 0 Å². The monoisotopic (exact) mass is 261 g/mol. The van der Waals surface area contributed by atoms with E-state index in [0.29, 0.717) is 18.5 Å². The van der Waals surface area contributed by atoms with Crippen molar-refractivity contribution >= 4 is 22.1 Å². The minimum Gasteiger partial charge on any atom is -0.395 e. The molecule has 1 N–H and O–H groups in total. The summed E-state index contributed by atoms with van der Waals surface area (Å²) in [5.74, 6) is 0. The standard InChI is InChI=1S/C13H15N3O3/c1-2-15(7-8-17)12-3-4-13(16(18)19)10-5-6-14-9-11(10)12/h3-6,9,17H,2,7-8H2,1H3. The first-order chi connectivity index (χ1) is 9.19. The molecule has 0 aliphatic rings. The third-order valence-electron chi connectivity index (χ3n) is 3.06. The minimum atomic E-state index is -0.394. The van der Waals surface area contributed by atoms with Crippen molar-refractivity contribution in [2.75, 3.05) is 24.6 Å². The first kappa shape index (κ1) is 13.2. The number of pyridine rings is 1. The molecule has 1 aromatic heterocycles. The van der Waals surface area contributed by atoms with Crippen LogP contribution in [0.5, 0.6) is 0 Å². The molecule has 19 heavy (non-hydrogen) atoms. The molecule has 2 aromatic rings. The number of likely N-dealkylation sites (N-methyl/N-ethyl adjacent to an activating group) is 1. The van der Waals surface area contributed by atoms with E-state index in [0.717, 1.165) is 11.1 Å². The second-order valence-corrected chi connectivity index (χ2v) is 4.09. The summed E-state index contributed by atoms with van der Waals surface area (Å²) in [6.07, 6.45) is 3.17. The number of nitro benzene ring substituents is 1. The van der Waals surface area contributed by atoms with Crippen molar-refractivity contribution in [2.24, 2.45) is 0 Å². The number of anilines is 1. The Morgan fingerprint density at radius 2 is 2.16 bits per heavy atom. The Bertz CT molecular complexity index is 601. The van der Waals surface area contributed by atoms with Gasteiger partial charge in [-0.15, -0.1) is 0 Å². The average Bonchev–Trinajstić information content (AvgIpc) is 2.43. The van der Waals surface area contributed by atoms with Gasteiger partial charge in [0.25, 0.3) is 5.69 Å². The number of nitro groups is 1. The largest absolute Gasteiger partial charge is 0.395 e. The van der Waals surface area contributed by atoms with Crippen LogP contribution in [-0.2, 0) is 0 Å². The SMILES string of the molecule is CCN(CCO)c1ccc([N+](=O)[O-])c2ccncc12. The van der Waals surface area contributed by atoms with Gasteiger partial charge in [-0.25, -0.2) is 0 Å². The van der Waals surface area contributed by atoms with Crippen LogP contribution in [0.3, 0.4) is 0 Å². The lowest BCUT2D eigenvalue weighted by Gasteiger charge is -2.23. The number of fused-ring (bicyclic) bond motifs is 1. The molecule has 0 saturated heterocycles. The van der Waals surface area contributed by atoms with Crippen molar-refractivity contribution in [3.63, 3.8) is 0 Å². The van der Waals surface area contributed by atoms with Gasteiger partial charge < -0.3 is 10.0 Å². The van der Waals surface area contributed by atoms with Gasteiger partial charge in [0.2, 0.25) is 0 Å². The Kier molecular flexibility index (Phi) is 3.91. The van der Waals surface area contributed by atoms with Crippen molar-refractivity contribution in [1.82, 2.24) is 4.98 Å². The van der Waals surface area contributed by atoms with Gasteiger partial charge in [-0.3, -0.25) is 15.1 Å². The van der Waals surface area contributed by atoms with Crippen molar-refractivity contribution < 1.29 is 10.0 Å². The number of non-ortho nitro benzene ring substituents is 1. The van der Waals surface area contributed by atoms with Crippen LogP contribution in [0.1, 0.15) is 6.92 Å². The van der Waals surface area contributed by atoms with Gasteiger partial charge in [0.05, 0.1) is 16.9 Å². The maximum absolute atomic E-state index is 11.0. The molecule has 1 heterocycles. The Balaban J connectivity index is 2.64. The third-order valence-corrected chi connectivity index (χ3v) is 3.06. The van der Waals surface area contributed by atoms with Crippen LogP contribution in [-0.4, -0.2) is 34.7 Å². The molecule has 2 rings (SSSR count). The van der Waals surface area contributed by atoms with Crippen LogP contribution >= 0.6 is 0 Å².